The van der Waals surface area contributed by atoms with Gasteiger partial charge in [-0.1, -0.05) is 23.7 Å². The Balaban J connectivity index is 1.33. The van der Waals surface area contributed by atoms with Crippen molar-refractivity contribution in [2.24, 2.45) is 0 Å². The number of piperidine rings is 2. The van der Waals surface area contributed by atoms with Crippen molar-refractivity contribution in [1.82, 2.24) is 24.3 Å². The smallest absolute Gasteiger partial charge is 0.418 e. The molecule has 45 heavy (non-hydrogen) atoms. The predicted octanol–water partition coefficient (Wildman–Crippen LogP) is 4.98. The van der Waals surface area contributed by atoms with E-state index in [1.54, 1.807) is 9.47 Å². The van der Waals surface area contributed by atoms with Gasteiger partial charge in [-0.3, -0.25) is 9.36 Å². The highest BCUT2D eigenvalue weighted by Gasteiger charge is 2.37. The minimum atomic E-state index is -4.70. The van der Waals surface area contributed by atoms with Crippen LogP contribution in [0.4, 0.5) is 23.7 Å². The topological polar surface area (TPSA) is 103 Å². The molecule has 5 rings (SSSR count). The molecule has 2 fully saturated rings. The SMILES string of the molecule is CNc1c(Cl)cc(C[C@@H](OC(=O)N2CCC(n3c(=O)[nH]c4ccccc43)CC2)C(=O)N2CCC(N(C)C)CC2)cc1C(F)(F)F. The summed E-state index contributed by atoms with van der Waals surface area (Å²) in [7, 11) is 5.29. The van der Waals surface area contributed by atoms with Gasteiger partial charge in [0.2, 0.25) is 0 Å². The van der Waals surface area contributed by atoms with Crippen LogP contribution in [0.1, 0.15) is 42.9 Å². The lowest BCUT2D eigenvalue weighted by Crippen LogP contribution is -2.50. The van der Waals surface area contributed by atoms with Crippen LogP contribution in [0.5, 0.6) is 0 Å². The highest BCUT2D eigenvalue weighted by atomic mass is 35.5. The third-order valence-electron chi connectivity index (χ3n) is 8.86. The Morgan fingerprint density at radius 1 is 1.07 bits per heavy atom. The molecule has 2 N–H and O–H groups in total. The molecule has 0 saturated carbocycles. The van der Waals surface area contributed by atoms with Gasteiger partial charge in [-0.25, -0.2) is 9.59 Å². The van der Waals surface area contributed by atoms with Gasteiger partial charge < -0.3 is 29.7 Å². The summed E-state index contributed by atoms with van der Waals surface area (Å²) in [5.41, 5.74) is 0.188. The molecular formula is C31H38ClF3N6O4. The number of nitrogens with one attached hydrogen (secondary N) is 2. The van der Waals surface area contributed by atoms with Crippen molar-refractivity contribution in [1.29, 1.82) is 0 Å². The molecule has 0 spiro atoms. The zero-order valence-electron chi connectivity index (χ0n) is 25.5. The molecule has 1 aromatic heterocycles. The number of nitrogens with zero attached hydrogens (tertiary/aromatic N) is 4. The van der Waals surface area contributed by atoms with Crippen LogP contribution in [0.2, 0.25) is 5.02 Å². The van der Waals surface area contributed by atoms with Crippen LogP contribution in [0.15, 0.2) is 41.2 Å². The fourth-order valence-electron chi connectivity index (χ4n) is 6.40. The number of hydrogen-bond acceptors (Lipinski definition) is 6. The molecule has 2 aromatic carbocycles. The van der Waals surface area contributed by atoms with E-state index in [4.69, 9.17) is 16.3 Å². The number of carbonyl (C=O) groups excluding carboxylic acids is 2. The molecule has 244 valence electrons. The Hall–Kier alpha value is -3.71. The number of para-hydroxylation sites is 2. The molecule has 0 radical (unpaired) electrons. The number of aromatic amines is 1. The number of fused-ring (bicyclic) bond motifs is 1. The van der Waals surface area contributed by atoms with Gasteiger partial charge in [-0.05, 0) is 69.6 Å². The molecule has 2 aliphatic heterocycles. The predicted molar refractivity (Wildman–Crippen MR) is 166 cm³/mol. The first-order valence-corrected chi connectivity index (χ1v) is 15.4. The molecule has 10 nitrogen and oxygen atoms in total. The number of H-pyrrole nitrogens is 1. The van der Waals surface area contributed by atoms with E-state index in [-0.39, 0.29) is 47.5 Å². The van der Waals surface area contributed by atoms with Crippen molar-refractivity contribution in [3.63, 3.8) is 0 Å². The molecule has 14 heteroatoms. The number of ether oxygens (including phenoxy) is 1. The Bertz CT molecular complexity index is 1590. The van der Waals surface area contributed by atoms with Crippen molar-refractivity contribution in [2.75, 3.05) is 52.6 Å². The average Bonchev–Trinajstić information content (AvgIpc) is 3.35. The summed E-state index contributed by atoms with van der Waals surface area (Å²) in [6, 6.07) is 9.85. The zero-order chi connectivity index (χ0) is 32.5. The van der Waals surface area contributed by atoms with E-state index in [9.17, 15) is 27.6 Å². The second-order valence-corrected chi connectivity index (χ2v) is 12.3. The number of hydrogen-bond donors (Lipinski definition) is 2. The van der Waals surface area contributed by atoms with Gasteiger partial charge in [-0.2, -0.15) is 13.2 Å². The number of carbonyl (C=O) groups is 2. The lowest BCUT2D eigenvalue weighted by molar-refractivity contribution is -0.142. The fourth-order valence-corrected chi connectivity index (χ4v) is 6.73. The molecule has 2 amide bonds. The zero-order valence-corrected chi connectivity index (χ0v) is 26.2. The summed E-state index contributed by atoms with van der Waals surface area (Å²) >= 11 is 6.22. The maximum absolute atomic E-state index is 13.9. The first-order valence-electron chi connectivity index (χ1n) is 15.0. The third-order valence-corrected chi connectivity index (χ3v) is 9.16. The number of imidazole rings is 1. The number of alkyl halides is 3. The van der Waals surface area contributed by atoms with E-state index >= 15 is 0 Å². The largest absolute Gasteiger partial charge is 0.436 e. The van der Waals surface area contributed by atoms with Crippen molar-refractivity contribution in [3.05, 3.63) is 63.0 Å². The first-order chi connectivity index (χ1) is 21.4. The number of aromatic nitrogens is 2. The van der Waals surface area contributed by atoms with Gasteiger partial charge in [0.25, 0.3) is 5.91 Å². The second kappa shape index (κ2) is 13.3. The van der Waals surface area contributed by atoms with Gasteiger partial charge in [0.15, 0.2) is 6.10 Å². The summed E-state index contributed by atoms with van der Waals surface area (Å²) < 4.78 is 49.2. The van der Waals surface area contributed by atoms with Crippen molar-refractivity contribution in [2.45, 2.75) is 56.5 Å². The van der Waals surface area contributed by atoms with E-state index in [2.05, 4.69) is 15.2 Å². The van der Waals surface area contributed by atoms with Gasteiger partial charge in [-0.15, -0.1) is 0 Å². The summed E-state index contributed by atoms with van der Waals surface area (Å²) in [5, 5.41) is 2.34. The number of likely N-dealkylation sites (tertiary alicyclic amines) is 2. The van der Waals surface area contributed by atoms with Gasteiger partial charge in [0.1, 0.15) is 0 Å². The highest BCUT2D eigenvalue weighted by Crippen LogP contribution is 2.40. The molecular weight excluding hydrogens is 613 g/mol. The lowest BCUT2D eigenvalue weighted by atomic mass is 10.00. The molecule has 0 bridgehead atoms. The van der Waals surface area contributed by atoms with E-state index in [1.165, 1.54) is 18.0 Å². The standard InChI is InChI=1S/C31H38ClF3N6O4/c1-36-27-22(31(33,34)35)16-19(17-23(27)32)18-26(28(42)39-12-8-20(9-13-39)38(2)3)45-30(44)40-14-10-21(11-15-40)41-25-7-5-4-6-24(25)37-29(41)43/h4-7,16-17,20-21,26,36H,8-15,18H2,1-3H3,(H,37,43)/t26-/m1/s1. The van der Waals surface area contributed by atoms with Crippen molar-refractivity contribution in [3.8, 4) is 0 Å². The van der Waals surface area contributed by atoms with Crippen LogP contribution in [-0.2, 0) is 22.1 Å². The second-order valence-electron chi connectivity index (χ2n) is 11.9. The Kier molecular flexibility index (Phi) is 9.68. The number of amides is 2. The lowest BCUT2D eigenvalue weighted by Gasteiger charge is -2.37. The van der Waals surface area contributed by atoms with E-state index in [0.29, 0.717) is 32.0 Å². The summed E-state index contributed by atoms with van der Waals surface area (Å²) in [5.74, 6) is -0.455. The maximum atomic E-state index is 13.9. The van der Waals surface area contributed by atoms with Gasteiger partial charge >= 0.3 is 18.0 Å². The average molecular weight is 651 g/mol. The first kappa shape index (κ1) is 32.7. The maximum Gasteiger partial charge on any atom is 0.418 e. The molecule has 3 heterocycles. The minimum absolute atomic E-state index is 0.123. The number of benzene rings is 2. The van der Waals surface area contributed by atoms with E-state index in [1.807, 2.05) is 38.4 Å². The Morgan fingerprint density at radius 2 is 1.71 bits per heavy atom. The number of halogens is 4. The molecule has 2 saturated heterocycles. The number of anilines is 1. The van der Waals surface area contributed by atoms with Crippen LogP contribution in [0, 0.1) is 0 Å². The van der Waals surface area contributed by atoms with Gasteiger partial charge in [0.05, 0.1) is 27.3 Å². The van der Waals surface area contributed by atoms with Crippen molar-refractivity contribution < 1.29 is 27.5 Å². The van der Waals surface area contributed by atoms with Crippen LogP contribution < -0.4 is 11.0 Å². The molecule has 1 atom stereocenters. The summed E-state index contributed by atoms with van der Waals surface area (Å²) in [4.78, 5) is 47.9. The molecule has 0 aliphatic carbocycles. The van der Waals surface area contributed by atoms with Crippen LogP contribution in [0.25, 0.3) is 11.0 Å². The van der Waals surface area contributed by atoms with Gasteiger partial charge in [0, 0.05) is 51.7 Å². The van der Waals surface area contributed by atoms with Crippen molar-refractivity contribution >= 4 is 40.3 Å². The monoisotopic (exact) mass is 650 g/mol. The fraction of sp³-hybridized carbons (Fsp3) is 0.516. The Labute approximate surface area is 264 Å². The molecule has 2 aliphatic rings. The van der Waals surface area contributed by atoms with E-state index in [0.717, 1.165) is 29.9 Å². The molecule has 0 unspecified atom stereocenters. The van der Waals surface area contributed by atoms with Crippen LogP contribution in [0.3, 0.4) is 0 Å². The van der Waals surface area contributed by atoms with E-state index < -0.39 is 29.8 Å². The molecule has 3 aromatic rings. The third kappa shape index (κ3) is 7.09. The quantitative estimate of drug-likeness (QED) is 0.374. The highest BCUT2D eigenvalue weighted by molar-refractivity contribution is 6.33. The Morgan fingerprint density at radius 3 is 2.33 bits per heavy atom. The summed E-state index contributed by atoms with van der Waals surface area (Å²) in [6.45, 7) is 1.44. The van der Waals surface area contributed by atoms with Crippen LogP contribution >= 0.6 is 11.6 Å². The van der Waals surface area contributed by atoms with Crippen LogP contribution in [-0.4, -0.2) is 95.7 Å². The number of rotatable bonds is 7. The summed E-state index contributed by atoms with van der Waals surface area (Å²) in [6.07, 6.45) is -4.61. The minimum Gasteiger partial charge on any atom is -0.436 e. The normalized spacial score (nSPS) is 17.6.